The first-order chi connectivity index (χ1) is 9.41. The Morgan fingerprint density at radius 3 is 2.90 bits per heavy atom. The molecule has 0 bridgehead atoms. The van der Waals surface area contributed by atoms with Gasteiger partial charge in [0, 0.05) is 26.7 Å². The van der Waals surface area contributed by atoms with Gasteiger partial charge in [0.05, 0.1) is 30.6 Å². The minimum Gasteiger partial charge on any atom is -0.394 e. The van der Waals surface area contributed by atoms with Crippen molar-refractivity contribution in [1.82, 2.24) is 9.78 Å². The molecule has 1 heterocycles. The van der Waals surface area contributed by atoms with Gasteiger partial charge in [0.15, 0.2) is 0 Å². The Hall–Kier alpha value is -1.15. The van der Waals surface area contributed by atoms with Crippen molar-refractivity contribution in [2.24, 2.45) is 0 Å². The van der Waals surface area contributed by atoms with Crippen molar-refractivity contribution < 1.29 is 14.9 Å². The highest BCUT2D eigenvalue weighted by molar-refractivity contribution is 6.32. The second-order valence-corrected chi connectivity index (χ2v) is 5.10. The molecule has 0 aromatic carbocycles. The van der Waals surface area contributed by atoms with Crippen LogP contribution in [0, 0.1) is 0 Å². The standard InChI is InChI=1S/C12H20ClN3O4/c1-12(19,3-6-20-2)8-14-9-7-15-16(4-5-17)11(18)10(9)13/h7,14,17,19H,3-6,8H2,1-2H3. The van der Waals surface area contributed by atoms with Crippen molar-refractivity contribution in [3.63, 3.8) is 0 Å². The van der Waals surface area contributed by atoms with Gasteiger partial charge >= 0.3 is 0 Å². The number of aliphatic hydroxyl groups excluding tert-OH is 1. The molecule has 1 aromatic heterocycles. The molecule has 1 unspecified atom stereocenters. The largest absolute Gasteiger partial charge is 0.394 e. The first kappa shape index (κ1) is 16.9. The zero-order valence-electron chi connectivity index (χ0n) is 11.6. The third-order valence-corrected chi connectivity index (χ3v) is 3.17. The van der Waals surface area contributed by atoms with Crippen molar-refractivity contribution in [2.75, 3.05) is 32.2 Å². The normalized spacial score (nSPS) is 14.1. The fourth-order valence-corrected chi connectivity index (χ4v) is 1.75. The van der Waals surface area contributed by atoms with Crippen LogP contribution in [0.15, 0.2) is 11.0 Å². The molecule has 3 N–H and O–H groups in total. The highest BCUT2D eigenvalue weighted by Crippen LogP contribution is 2.17. The van der Waals surface area contributed by atoms with Crippen LogP contribution in [-0.2, 0) is 11.3 Å². The molecule has 8 heteroatoms. The summed E-state index contributed by atoms with van der Waals surface area (Å²) in [6, 6.07) is 0. The second kappa shape index (κ2) is 7.58. The Kier molecular flexibility index (Phi) is 6.41. The lowest BCUT2D eigenvalue weighted by Crippen LogP contribution is -2.35. The number of aromatic nitrogens is 2. The first-order valence-corrected chi connectivity index (χ1v) is 6.61. The maximum atomic E-state index is 11.8. The highest BCUT2D eigenvalue weighted by atomic mass is 35.5. The predicted molar refractivity (Wildman–Crippen MR) is 76.2 cm³/mol. The molecule has 0 aliphatic heterocycles. The van der Waals surface area contributed by atoms with Gasteiger partial charge in [-0.1, -0.05) is 11.6 Å². The number of rotatable bonds is 8. The SMILES string of the molecule is COCCC(C)(O)CNc1cnn(CCO)c(=O)c1Cl. The van der Waals surface area contributed by atoms with Crippen molar-refractivity contribution in [3.05, 3.63) is 21.6 Å². The summed E-state index contributed by atoms with van der Waals surface area (Å²) < 4.78 is 5.99. The first-order valence-electron chi connectivity index (χ1n) is 6.23. The molecule has 0 saturated heterocycles. The monoisotopic (exact) mass is 305 g/mol. The van der Waals surface area contributed by atoms with Crippen LogP contribution >= 0.6 is 11.6 Å². The van der Waals surface area contributed by atoms with Crippen molar-refractivity contribution in [3.8, 4) is 0 Å². The van der Waals surface area contributed by atoms with Gasteiger partial charge in [-0.3, -0.25) is 4.79 Å². The van der Waals surface area contributed by atoms with Gasteiger partial charge in [-0.25, -0.2) is 4.68 Å². The van der Waals surface area contributed by atoms with Gasteiger partial charge in [-0.05, 0) is 6.92 Å². The minimum absolute atomic E-state index is 0.0176. The molecule has 1 aromatic rings. The molecule has 1 rings (SSSR count). The fraction of sp³-hybridized carbons (Fsp3) is 0.667. The van der Waals surface area contributed by atoms with E-state index in [0.29, 0.717) is 18.7 Å². The number of anilines is 1. The van der Waals surface area contributed by atoms with E-state index >= 15 is 0 Å². The van der Waals surface area contributed by atoms with Crippen LogP contribution in [0.1, 0.15) is 13.3 Å². The summed E-state index contributed by atoms with van der Waals surface area (Å²) in [6.07, 6.45) is 1.84. The average Bonchev–Trinajstić information content (AvgIpc) is 2.41. The smallest absolute Gasteiger partial charge is 0.287 e. The Balaban J connectivity index is 2.74. The number of halogens is 1. The molecule has 0 aliphatic carbocycles. The summed E-state index contributed by atoms with van der Waals surface area (Å²) >= 11 is 5.94. The molecule has 0 amide bonds. The molecule has 0 radical (unpaired) electrons. The van der Waals surface area contributed by atoms with E-state index in [-0.39, 0.29) is 24.7 Å². The number of hydrogen-bond donors (Lipinski definition) is 3. The summed E-state index contributed by atoms with van der Waals surface area (Å²) in [5.41, 5.74) is -1.12. The number of nitrogens with one attached hydrogen (secondary N) is 1. The zero-order chi connectivity index (χ0) is 15.2. The molecule has 114 valence electrons. The predicted octanol–water partition coefficient (Wildman–Crippen LogP) is 0.0884. The van der Waals surface area contributed by atoms with Crippen LogP contribution in [0.2, 0.25) is 5.02 Å². The topological polar surface area (TPSA) is 96.6 Å². The molecule has 1 atom stereocenters. The minimum atomic E-state index is -0.987. The van der Waals surface area contributed by atoms with Crippen LogP contribution in [0.3, 0.4) is 0 Å². The number of hydrogen-bond acceptors (Lipinski definition) is 6. The van der Waals surface area contributed by atoms with E-state index in [1.165, 1.54) is 6.20 Å². The molecule has 0 spiro atoms. The van der Waals surface area contributed by atoms with E-state index in [0.717, 1.165) is 4.68 Å². The Labute approximate surface area is 122 Å². The van der Waals surface area contributed by atoms with Crippen LogP contribution < -0.4 is 10.9 Å². The fourth-order valence-electron chi connectivity index (χ4n) is 1.54. The zero-order valence-corrected chi connectivity index (χ0v) is 12.4. The van der Waals surface area contributed by atoms with E-state index in [4.69, 9.17) is 21.4 Å². The van der Waals surface area contributed by atoms with Gasteiger partial charge in [-0.2, -0.15) is 5.10 Å². The van der Waals surface area contributed by atoms with Crippen LogP contribution in [0.25, 0.3) is 0 Å². The summed E-state index contributed by atoms with van der Waals surface area (Å²) in [7, 11) is 1.56. The molecular weight excluding hydrogens is 286 g/mol. The van der Waals surface area contributed by atoms with Crippen molar-refractivity contribution >= 4 is 17.3 Å². The maximum Gasteiger partial charge on any atom is 0.287 e. The summed E-state index contributed by atoms with van der Waals surface area (Å²) in [5.74, 6) is 0. The maximum absolute atomic E-state index is 11.8. The number of methoxy groups -OCH3 is 1. The van der Waals surface area contributed by atoms with Crippen LogP contribution in [0.5, 0.6) is 0 Å². The Bertz CT molecular complexity index is 490. The van der Waals surface area contributed by atoms with Gasteiger partial charge < -0.3 is 20.3 Å². The quantitative estimate of drug-likeness (QED) is 0.630. The lowest BCUT2D eigenvalue weighted by Gasteiger charge is -2.24. The number of ether oxygens (including phenoxy) is 1. The third kappa shape index (κ3) is 4.75. The molecule has 0 fully saturated rings. The van der Waals surface area contributed by atoms with E-state index in [1.54, 1.807) is 14.0 Å². The van der Waals surface area contributed by atoms with Crippen LogP contribution in [0.4, 0.5) is 5.69 Å². The highest BCUT2D eigenvalue weighted by Gasteiger charge is 2.20. The van der Waals surface area contributed by atoms with E-state index in [9.17, 15) is 9.90 Å². The Morgan fingerprint density at radius 1 is 1.60 bits per heavy atom. The average molecular weight is 306 g/mol. The molecular formula is C12H20ClN3O4. The second-order valence-electron chi connectivity index (χ2n) is 4.72. The van der Waals surface area contributed by atoms with E-state index in [1.807, 2.05) is 0 Å². The van der Waals surface area contributed by atoms with E-state index < -0.39 is 11.2 Å². The van der Waals surface area contributed by atoms with E-state index in [2.05, 4.69) is 10.4 Å². The van der Waals surface area contributed by atoms with Crippen LogP contribution in [-0.4, -0.2) is 52.5 Å². The summed E-state index contributed by atoms with van der Waals surface area (Å²) in [4.78, 5) is 11.8. The summed E-state index contributed by atoms with van der Waals surface area (Å²) in [5, 5.41) is 25.6. The van der Waals surface area contributed by atoms with Gasteiger partial charge in [-0.15, -0.1) is 0 Å². The number of nitrogens with zero attached hydrogens (tertiary/aromatic N) is 2. The lowest BCUT2D eigenvalue weighted by atomic mass is 10.0. The molecule has 0 saturated carbocycles. The Morgan fingerprint density at radius 2 is 2.30 bits per heavy atom. The van der Waals surface area contributed by atoms with Gasteiger partial charge in [0.2, 0.25) is 0 Å². The third-order valence-electron chi connectivity index (χ3n) is 2.80. The van der Waals surface area contributed by atoms with Gasteiger partial charge in [0.1, 0.15) is 5.02 Å². The molecule has 20 heavy (non-hydrogen) atoms. The van der Waals surface area contributed by atoms with Crippen molar-refractivity contribution in [2.45, 2.75) is 25.5 Å². The lowest BCUT2D eigenvalue weighted by molar-refractivity contribution is 0.0357. The number of aliphatic hydroxyl groups is 2. The van der Waals surface area contributed by atoms with Crippen molar-refractivity contribution in [1.29, 1.82) is 0 Å². The van der Waals surface area contributed by atoms with Gasteiger partial charge in [0.25, 0.3) is 5.56 Å². The molecule has 0 aliphatic rings. The molecule has 7 nitrogen and oxygen atoms in total. The summed E-state index contributed by atoms with van der Waals surface area (Å²) in [6.45, 7) is 2.19.